The number of rotatable bonds is 4. The lowest BCUT2D eigenvalue weighted by atomic mass is 9.80. The zero-order valence-corrected chi connectivity index (χ0v) is 14.3. The molecule has 0 heterocycles. The number of benzene rings is 1. The minimum Gasteiger partial charge on any atom is -0.453 e. The summed E-state index contributed by atoms with van der Waals surface area (Å²) in [7, 11) is 1.38. The largest absolute Gasteiger partial charge is 0.453 e. The van der Waals surface area contributed by atoms with E-state index in [4.69, 9.17) is 4.74 Å². The van der Waals surface area contributed by atoms with E-state index in [-0.39, 0.29) is 29.9 Å². The van der Waals surface area contributed by atoms with Gasteiger partial charge < -0.3 is 4.74 Å². The molecule has 0 saturated carbocycles. The summed E-state index contributed by atoms with van der Waals surface area (Å²) in [4.78, 5) is 26.8. The molecule has 0 fully saturated rings. The smallest absolute Gasteiger partial charge is 0.410 e. The monoisotopic (exact) mass is 315 g/mol. The first-order valence-electron chi connectivity index (χ1n) is 8.08. The van der Waals surface area contributed by atoms with Gasteiger partial charge >= 0.3 is 6.09 Å². The van der Waals surface area contributed by atoms with Crippen LogP contribution in [0.15, 0.2) is 42.0 Å². The van der Waals surface area contributed by atoms with E-state index in [0.717, 1.165) is 12.8 Å². The summed E-state index contributed by atoms with van der Waals surface area (Å²) in [5.74, 6) is -0.142. The van der Waals surface area contributed by atoms with Crippen molar-refractivity contribution in [2.45, 2.75) is 45.7 Å². The van der Waals surface area contributed by atoms with Gasteiger partial charge in [0.1, 0.15) is 0 Å². The highest BCUT2D eigenvalue weighted by molar-refractivity contribution is 5.98. The Morgan fingerprint density at radius 2 is 1.87 bits per heavy atom. The van der Waals surface area contributed by atoms with E-state index in [9.17, 15) is 9.59 Å². The summed E-state index contributed by atoms with van der Waals surface area (Å²) in [5, 5.41) is 0. The van der Waals surface area contributed by atoms with Crippen molar-refractivity contribution in [2.75, 3.05) is 7.11 Å². The second-order valence-corrected chi connectivity index (χ2v) is 6.35. The van der Waals surface area contributed by atoms with Crippen molar-refractivity contribution in [1.82, 2.24) is 4.90 Å². The summed E-state index contributed by atoms with van der Waals surface area (Å²) >= 11 is 0. The molecule has 1 aliphatic carbocycles. The Hall–Kier alpha value is -2.10. The van der Waals surface area contributed by atoms with E-state index >= 15 is 0 Å². The van der Waals surface area contributed by atoms with Crippen molar-refractivity contribution in [3.05, 3.63) is 47.5 Å². The van der Waals surface area contributed by atoms with Gasteiger partial charge in [0.15, 0.2) is 5.78 Å². The van der Waals surface area contributed by atoms with Gasteiger partial charge in [-0.2, -0.15) is 0 Å². The predicted molar refractivity (Wildman–Crippen MR) is 90.4 cm³/mol. The molecule has 23 heavy (non-hydrogen) atoms. The molecule has 0 radical (unpaired) electrons. The first kappa shape index (κ1) is 17.3. The molecule has 1 amide bonds. The number of hydrogen-bond donors (Lipinski definition) is 0. The molecular weight excluding hydrogens is 290 g/mol. The first-order valence-corrected chi connectivity index (χ1v) is 8.08. The molecule has 2 atom stereocenters. The SMILES string of the molecule is COC(=O)N(C(C)C)C1C=C(C)CCC1C(=O)c1ccccc1. The Kier molecular flexibility index (Phi) is 5.59. The maximum Gasteiger partial charge on any atom is 0.410 e. The molecule has 4 nitrogen and oxygen atoms in total. The van der Waals surface area contributed by atoms with Crippen LogP contribution in [0.4, 0.5) is 4.79 Å². The third-order valence-electron chi connectivity index (χ3n) is 4.38. The number of nitrogens with zero attached hydrogens (tertiary/aromatic N) is 1. The minimum atomic E-state index is -0.387. The molecule has 2 unspecified atom stereocenters. The van der Waals surface area contributed by atoms with E-state index in [1.165, 1.54) is 12.7 Å². The number of hydrogen-bond acceptors (Lipinski definition) is 3. The summed E-state index contributed by atoms with van der Waals surface area (Å²) in [5.41, 5.74) is 1.91. The van der Waals surface area contributed by atoms with Crippen LogP contribution < -0.4 is 0 Å². The molecule has 0 saturated heterocycles. The van der Waals surface area contributed by atoms with E-state index in [1.807, 2.05) is 57.2 Å². The number of methoxy groups -OCH3 is 1. The number of Topliss-reactive ketones (excluding diaryl/α,β-unsaturated/α-hetero) is 1. The van der Waals surface area contributed by atoms with Gasteiger partial charge in [-0.3, -0.25) is 9.69 Å². The molecule has 4 heteroatoms. The normalized spacial score (nSPS) is 20.8. The standard InChI is InChI=1S/C19H25NO3/c1-13(2)20(19(22)23-4)17-12-14(3)10-11-16(17)18(21)15-8-6-5-7-9-15/h5-9,12-13,16-17H,10-11H2,1-4H3. The van der Waals surface area contributed by atoms with Crippen molar-refractivity contribution in [2.24, 2.45) is 5.92 Å². The Labute approximate surface area is 138 Å². The van der Waals surface area contributed by atoms with E-state index in [1.54, 1.807) is 4.90 Å². The molecular formula is C19H25NO3. The lowest BCUT2D eigenvalue weighted by Crippen LogP contribution is -2.50. The Morgan fingerprint density at radius 1 is 1.22 bits per heavy atom. The van der Waals surface area contributed by atoms with Gasteiger partial charge in [-0.15, -0.1) is 0 Å². The maximum atomic E-state index is 12.9. The lowest BCUT2D eigenvalue weighted by molar-refractivity contribution is 0.0675. The number of ketones is 1. The second-order valence-electron chi connectivity index (χ2n) is 6.35. The molecule has 1 aromatic rings. The fraction of sp³-hybridized carbons (Fsp3) is 0.474. The van der Waals surface area contributed by atoms with Crippen molar-refractivity contribution >= 4 is 11.9 Å². The number of allylic oxidation sites excluding steroid dienone is 1. The van der Waals surface area contributed by atoms with Gasteiger partial charge in [0.25, 0.3) is 0 Å². The fourth-order valence-electron chi connectivity index (χ4n) is 3.20. The molecule has 2 rings (SSSR count). The highest BCUT2D eigenvalue weighted by Crippen LogP contribution is 2.31. The van der Waals surface area contributed by atoms with Crippen molar-refractivity contribution in [3.63, 3.8) is 0 Å². The zero-order valence-electron chi connectivity index (χ0n) is 14.3. The van der Waals surface area contributed by atoms with Crippen LogP contribution in [0.3, 0.4) is 0 Å². The van der Waals surface area contributed by atoms with E-state index in [0.29, 0.717) is 5.56 Å². The quantitative estimate of drug-likeness (QED) is 0.621. The third kappa shape index (κ3) is 3.81. The molecule has 0 N–H and O–H groups in total. The van der Waals surface area contributed by atoms with Crippen molar-refractivity contribution < 1.29 is 14.3 Å². The van der Waals surface area contributed by atoms with Gasteiger partial charge in [-0.25, -0.2) is 4.79 Å². The van der Waals surface area contributed by atoms with E-state index in [2.05, 4.69) is 0 Å². The van der Waals surface area contributed by atoms with Gasteiger partial charge in [0.2, 0.25) is 0 Å². The summed E-state index contributed by atoms with van der Waals surface area (Å²) in [6.07, 6.45) is 3.29. The fourth-order valence-corrected chi connectivity index (χ4v) is 3.20. The summed E-state index contributed by atoms with van der Waals surface area (Å²) in [6.45, 7) is 5.93. The van der Waals surface area contributed by atoms with Crippen LogP contribution in [0.5, 0.6) is 0 Å². The van der Waals surface area contributed by atoms with Crippen LogP contribution in [0.25, 0.3) is 0 Å². The molecule has 0 aromatic heterocycles. The molecule has 124 valence electrons. The Bertz CT molecular complexity index is 592. The van der Waals surface area contributed by atoms with Crippen LogP contribution in [0, 0.1) is 5.92 Å². The third-order valence-corrected chi connectivity index (χ3v) is 4.38. The number of ether oxygens (including phenoxy) is 1. The lowest BCUT2D eigenvalue weighted by Gasteiger charge is -2.39. The minimum absolute atomic E-state index is 0.0410. The van der Waals surface area contributed by atoms with Crippen LogP contribution >= 0.6 is 0 Å². The summed E-state index contributed by atoms with van der Waals surface area (Å²) in [6, 6.07) is 9.00. The van der Waals surface area contributed by atoms with Crippen molar-refractivity contribution in [3.8, 4) is 0 Å². The van der Waals surface area contributed by atoms with Crippen LogP contribution in [0.1, 0.15) is 44.0 Å². The number of carbonyl (C=O) groups is 2. The summed E-state index contributed by atoms with van der Waals surface area (Å²) < 4.78 is 4.94. The Morgan fingerprint density at radius 3 is 2.43 bits per heavy atom. The molecule has 0 aliphatic heterocycles. The average Bonchev–Trinajstić information content (AvgIpc) is 2.55. The highest BCUT2D eigenvalue weighted by atomic mass is 16.5. The first-order chi connectivity index (χ1) is 11.0. The topological polar surface area (TPSA) is 46.6 Å². The molecule has 1 aliphatic rings. The van der Waals surface area contributed by atoms with Crippen molar-refractivity contribution in [1.29, 1.82) is 0 Å². The Balaban J connectivity index is 2.37. The predicted octanol–water partition coefficient (Wildman–Crippen LogP) is 4.07. The van der Waals surface area contributed by atoms with Crippen LogP contribution in [0.2, 0.25) is 0 Å². The second kappa shape index (κ2) is 7.44. The average molecular weight is 315 g/mol. The molecule has 1 aromatic carbocycles. The molecule has 0 spiro atoms. The van der Waals surface area contributed by atoms with Gasteiger partial charge in [-0.05, 0) is 33.6 Å². The van der Waals surface area contributed by atoms with Gasteiger partial charge in [0, 0.05) is 17.5 Å². The van der Waals surface area contributed by atoms with Crippen LogP contribution in [-0.2, 0) is 4.74 Å². The van der Waals surface area contributed by atoms with Gasteiger partial charge in [0.05, 0.1) is 13.2 Å². The number of amides is 1. The molecule has 0 bridgehead atoms. The maximum absolute atomic E-state index is 12.9. The zero-order chi connectivity index (χ0) is 17.0. The highest BCUT2D eigenvalue weighted by Gasteiger charge is 2.37. The van der Waals surface area contributed by atoms with Crippen LogP contribution in [-0.4, -0.2) is 36.0 Å². The van der Waals surface area contributed by atoms with E-state index < -0.39 is 0 Å². The number of carbonyl (C=O) groups excluding carboxylic acids is 2. The van der Waals surface area contributed by atoms with Gasteiger partial charge in [-0.1, -0.05) is 42.0 Å².